The predicted molar refractivity (Wildman–Crippen MR) is 103 cm³/mol. The third-order valence-electron chi connectivity index (χ3n) is 5.32. The first-order chi connectivity index (χ1) is 13.1. The number of carbonyl (C=O) groups is 1. The van der Waals surface area contributed by atoms with E-state index < -0.39 is 0 Å². The molecule has 2 aromatic carbocycles. The zero-order chi connectivity index (χ0) is 18.8. The van der Waals surface area contributed by atoms with Gasteiger partial charge in [-0.2, -0.15) is 0 Å². The number of imidazole rings is 1. The molecule has 3 aromatic rings. The molecule has 5 nitrogen and oxygen atoms in total. The molecule has 0 saturated carbocycles. The van der Waals surface area contributed by atoms with Crippen molar-refractivity contribution in [2.24, 2.45) is 0 Å². The van der Waals surface area contributed by atoms with E-state index in [0.29, 0.717) is 11.5 Å². The van der Waals surface area contributed by atoms with Crippen molar-refractivity contribution < 1.29 is 13.8 Å². The Balaban J connectivity index is 1.62. The molecule has 140 valence electrons. The van der Waals surface area contributed by atoms with Crippen molar-refractivity contribution in [3.8, 4) is 0 Å². The van der Waals surface area contributed by atoms with Crippen molar-refractivity contribution in [2.75, 3.05) is 25.4 Å². The highest BCUT2D eigenvalue weighted by molar-refractivity contribution is 5.95. The van der Waals surface area contributed by atoms with E-state index in [1.165, 1.54) is 37.1 Å². The number of fused-ring (bicyclic) bond motifs is 1. The van der Waals surface area contributed by atoms with Crippen LogP contribution >= 0.6 is 0 Å². The second-order valence-electron chi connectivity index (χ2n) is 7.06. The van der Waals surface area contributed by atoms with E-state index in [1.807, 2.05) is 28.8 Å². The van der Waals surface area contributed by atoms with Crippen LogP contribution in [-0.2, 0) is 13.1 Å². The number of hydrogen-bond acceptors (Lipinski definition) is 3. The summed E-state index contributed by atoms with van der Waals surface area (Å²) in [6.45, 7) is 4.16. The number of hydrogen-bond donors (Lipinski definition) is 1. The van der Waals surface area contributed by atoms with E-state index in [1.54, 1.807) is 0 Å². The molecule has 0 radical (unpaired) electrons. The minimum Gasteiger partial charge on any atom is -0.300 e. The van der Waals surface area contributed by atoms with Crippen LogP contribution in [0.5, 0.6) is 0 Å². The average Bonchev–Trinajstić information content (AvgIpc) is 3.28. The molecule has 27 heavy (non-hydrogen) atoms. The van der Waals surface area contributed by atoms with Gasteiger partial charge in [0, 0.05) is 12.1 Å². The smallest absolute Gasteiger partial charge is 0.300 e. The molecular weight excluding hydrogens is 343 g/mol. The van der Waals surface area contributed by atoms with Crippen LogP contribution in [0.15, 0.2) is 48.5 Å². The zero-order valence-corrected chi connectivity index (χ0v) is 15.3. The Labute approximate surface area is 157 Å². The molecule has 0 unspecified atom stereocenters. The fourth-order valence-electron chi connectivity index (χ4n) is 3.83. The average molecular weight is 367 g/mol. The molecule has 0 amide bonds. The van der Waals surface area contributed by atoms with E-state index in [4.69, 9.17) is 5.73 Å². The monoisotopic (exact) mass is 367 g/mol. The number of anilines is 1. The van der Waals surface area contributed by atoms with Crippen molar-refractivity contribution in [2.45, 2.75) is 25.9 Å². The van der Waals surface area contributed by atoms with E-state index in [9.17, 15) is 9.18 Å². The van der Waals surface area contributed by atoms with Crippen LogP contribution in [-0.4, -0.2) is 34.9 Å². The fourth-order valence-corrected chi connectivity index (χ4v) is 3.83. The van der Waals surface area contributed by atoms with Crippen LogP contribution in [0.4, 0.5) is 10.3 Å². The summed E-state index contributed by atoms with van der Waals surface area (Å²) in [5.74, 6) is 0.136. The molecule has 6 heteroatoms. The van der Waals surface area contributed by atoms with Crippen molar-refractivity contribution >= 4 is 22.8 Å². The lowest BCUT2D eigenvalue weighted by atomic mass is 10.1. The number of aromatic nitrogens is 2. The van der Waals surface area contributed by atoms with Gasteiger partial charge in [-0.05, 0) is 62.3 Å². The lowest BCUT2D eigenvalue weighted by Gasteiger charge is -2.13. The number of halogens is 1. The lowest BCUT2D eigenvalue weighted by Crippen LogP contribution is -2.40. The van der Waals surface area contributed by atoms with Crippen molar-refractivity contribution in [3.05, 3.63) is 59.9 Å². The molecule has 1 saturated heterocycles. The largest absolute Gasteiger partial charge is 0.356 e. The van der Waals surface area contributed by atoms with Crippen LogP contribution in [0, 0.1) is 5.82 Å². The SMILES string of the molecule is Nc1n(CCN2CCCC2)c2ccccc2[n+]1CC(=O)c1ccc(F)cc1. The number of carbonyl (C=O) groups excluding carboxylic acids is 1. The minimum atomic E-state index is -0.350. The summed E-state index contributed by atoms with van der Waals surface area (Å²) in [5.41, 5.74) is 8.90. The van der Waals surface area contributed by atoms with Gasteiger partial charge in [-0.15, -0.1) is 0 Å². The van der Waals surface area contributed by atoms with Crippen LogP contribution in [0.3, 0.4) is 0 Å². The van der Waals surface area contributed by atoms with Gasteiger partial charge in [-0.3, -0.25) is 10.5 Å². The summed E-state index contributed by atoms with van der Waals surface area (Å²) in [6.07, 6.45) is 2.52. The third kappa shape index (κ3) is 3.57. The van der Waals surface area contributed by atoms with Gasteiger partial charge in [-0.25, -0.2) is 13.5 Å². The highest BCUT2D eigenvalue weighted by Gasteiger charge is 2.24. The van der Waals surface area contributed by atoms with Crippen molar-refractivity contribution in [1.29, 1.82) is 0 Å². The van der Waals surface area contributed by atoms with Crippen LogP contribution < -0.4 is 10.3 Å². The van der Waals surface area contributed by atoms with Gasteiger partial charge >= 0.3 is 5.95 Å². The summed E-state index contributed by atoms with van der Waals surface area (Å²) in [6, 6.07) is 13.6. The first-order valence-electron chi connectivity index (χ1n) is 9.41. The number of rotatable bonds is 6. The van der Waals surface area contributed by atoms with E-state index in [0.717, 1.165) is 37.2 Å². The Morgan fingerprint density at radius 1 is 1.04 bits per heavy atom. The summed E-state index contributed by atoms with van der Waals surface area (Å²) >= 11 is 0. The Kier molecular flexibility index (Phi) is 4.90. The van der Waals surface area contributed by atoms with E-state index in [-0.39, 0.29) is 18.1 Å². The minimum absolute atomic E-state index is 0.0888. The summed E-state index contributed by atoms with van der Waals surface area (Å²) in [5, 5.41) is 0. The fraction of sp³-hybridized carbons (Fsp3) is 0.333. The first kappa shape index (κ1) is 17.7. The molecule has 1 aromatic heterocycles. The Morgan fingerprint density at radius 3 is 2.48 bits per heavy atom. The van der Waals surface area contributed by atoms with Gasteiger partial charge < -0.3 is 4.90 Å². The number of nitrogen functional groups attached to an aromatic ring is 1. The Morgan fingerprint density at radius 2 is 1.74 bits per heavy atom. The summed E-state index contributed by atoms with van der Waals surface area (Å²) in [7, 11) is 0. The lowest BCUT2D eigenvalue weighted by molar-refractivity contribution is -0.642. The molecular formula is C21H24FN4O+. The molecule has 4 rings (SSSR count). The maximum atomic E-state index is 13.1. The summed E-state index contributed by atoms with van der Waals surface area (Å²) < 4.78 is 17.1. The standard InChI is InChI=1S/C21H23FN4O/c22-17-9-7-16(8-10-17)20(27)15-26-19-6-2-1-5-18(19)25(21(26)23)14-13-24-11-3-4-12-24/h1-2,5-10,23H,3-4,11-15H2/p+1. The molecule has 0 spiro atoms. The topological polar surface area (TPSA) is 55.1 Å². The maximum Gasteiger partial charge on any atom is 0.356 e. The number of para-hydroxylation sites is 2. The molecule has 0 aliphatic carbocycles. The van der Waals surface area contributed by atoms with Gasteiger partial charge in [0.15, 0.2) is 5.78 Å². The zero-order valence-electron chi connectivity index (χ0n) is 15.3. The predicted octanol–water partition coefficient (Wildman–Crippen LogP) is 2.63. The van der Waals surface area contributed by atoms with Gasteiger partial charge in [0.25, 0.3) is 0 Å². The van der Waals surface area contributed by atoms with Crippen molar-refractivity contribution in [1.82, 2.24) is 9.47 Å². The van der Waals surface area contributed by atoms with Gasteiger partial charge in [0.2, 0.25) is 0 Å². The number of likely N-dealkylation sites (tertiary alicyclic amines) is 1. The second kappa shape index (κ2) is 7.48. The normalized spacial score (nSPS) is 14.9. The molecule has 1 aliphatic heterocycles. The van der Waals surface area contributed by atoms with Gasteiger partial charge in [0.05, 0.1) is 6.54 Å². The number of Topliss-reactive ketones (excluding diaryl/α,β-unsaturated/α-hetero) is 1. The third-order valence-corrected chi connectivity index (χ3v) is 5.32. The second-order valence-corrected chi connectivity index (χ2v) is 7.06. The van der Waals surface area contributed by atoms with Crippen LogP contribution in [0.1, 0.15) is 23.2 Å². The molecule has 1 fully saturated rings. The summed E-state index contributed by atoms with van der Waals surface area (Å²) in [4.78, 5) is 15.1. The highest BCUT2D eigenvalue weighted by atomic mass is 19.1. The van der Waals surface area contributed by atoms with E-state index >= 15 is 0 Å². The first-order valence-corrected chi connectivity index (χ1v) is 9.41. The number of nitrogens with two attached hydrogens (primary N) is 1. The van der Waals surface area contributed by atoms with Crippen LogP contribution in [0.25, 0.3) is 11.0 Å². The molecule has 2 N–H and O–H groups in total. The number of benzene rings is 2. The van der Waals surface area contributed by atoms with Gasteiger partial charge in [-0.1, -0.05) is 12.1 Å². The number of ketones is 1. The molecule has 0 atom stereocenters. The highest BCUT2D eigenvalue weighted by Crippen LogP contribution is 2.17. The molecule has 0 bridgehead atoms. The van der Waals surface area contributed by atoms with Gasteiger partial charge in [0.1, 0.15) is 23.4 Å². The Bertz CT molecular complexity index is 958. The number of nitrogens with zero attached hydrogens (tertiary/aromatic N) is 3. The van der Waals surface area contributed by atoms with Crippen LogP contribution in [0.2, 0.25) is 0 Å². The van der Waals surface area contributed by atoms with Crippen molar-refractivity contribution in [3.63, 3.8) is 0 Å². The molecule has 2 heterocycles. The maximum absolute atomic E-state index is 13.1. The van der Waals surface area contributed by atoms with E-state index in [2.05, 4.69) is 9.47 Å². The Hall–Kier alpha value is -2.73. The molecule has 1 aliphatic rings. The quantitative estimate of drug-likeness (QED) is 0.538.